The number of hydrogen-bond donors (Lipinski definition) is 1. The first kappa shape index (κ1) is 16.4. The molecule has 0 aliphatic rings. The van der Waals surface area contributed by atoms with E-state index in [0.717, 1.165) is 16.3 Å². The normalized spacial score (nSPS) is 11.7. The lowest BCUT2D eigenvalue weighted by Crippen LogP contribution is -2.13. The average Bonchev–Trinajstić information content (AvgIpc) is 2.98. The maximum absolute atomic E-state index is 13.4. The number of nitrogens with one attached hydrogen (secondary N) is 1. The molecule has 2 heterocycles. The van der Waals surface area contributed by atoms with Crippen LogP contribution in [0.25, 0.3) is 10.2 Å². The van der Waals surface area contributed by atoms with E-state index < -0.39 is 25.0 Å². The number of halogens is 4. The van der Waals surface area contributed by atoms with Crippen LogP contribution in [0.15, 0.2) is 36.0 Å². The molecule has 0 aliphatic heterocycles. The van der Waals surface area contributed by atoms with Crippen LogP contribution in [0.5, 0.6) is 5.75 Å². The van der Waals surface area contributed by atoms with Crippen molar-refractivity contribution in [2.75, 3.05) is 11.9 Å². The van der Waals surface area contributed by atoms with E-state index >= 15 is 0 Å². The van der Waals surface area contributed by atoms with Crippen LogP contribution in [0, 0.1) is 5.82 Å². The molecule has 0 aliphatic carbocycles. The second-order valence-corrected chi connectivity index (χ2v) is 5.74. The number of ether oxygens (including phenoxy) is 1. The molecule has 3 rings (SSSR count). The topological polar surface area (TPSA) is 47.0 Å². The van der Waals surface area contributed by atoms with Crippen molar-refractivity contribution in [1.29, 1.82) is 0 Å². The highest BCUT2D eigenvalue weighted by molar-refractivity contribution is 7.16. The number of hydrogen-bond acceptors (Lipinski definition) is 5. The van der Waals surface area contributed by atoms with Crippen molar-refractivity contribution >= 4 is 33.1 Å². The van der Waals surface area contributed by atoms with Gasteiger partial charge in [0.25, 0.3) is 0 Å². The van der Waals surface area contributed by atoms with Crippen molar-refractivity contribution in [3.8, 4) is 5.75 Å². The summed E-state index contributed by atoms with van der Waals surface area (Å²) in [6.45, 7) is -0.598. The first-order valence-electron chi connectivity index (χ1n) is 6.87. The van der Waals surface area contributed by atoms with Gasteiger partial charge in [-0.3, -0.25) is 0 Å². The Kier molecular flexibility index (Phi) is 4.52. The summed E-state index contributed by atoms with van der Waals surface area (Å²) in [4.78, 5) is 8.98. The number of nitrogens with zero attached hydrogens (tertiary/aromatic N) is 2. The van der Waals surface area contributed by atoms with Gasteiger partial charge >= 0.3 is 6.18 Å². The van der Waals surface area contributed by atoms with Gasteiger partial charge in [0.15, 0.2) is 0 Å². The summed E-state index contributed by atoms with van der Waals surface area (Å²) in [6.07, 6.45) is -4.09. The lowest BCUT2D eigenvalue weighted by atomic mass is 10.2. The summed E-state index contributed by atoms with van der Waals surface area (Å²) >= 11 is 1.43. The molecular formula is C15H11F4N3OS. The third kappa shape index (κ3) is 3.91. The molecule has 0 saturated carbocycles. The number of thiophene rings is 1. The summed E-state index contributed by atoms with van der Waals surface area (Å²) in [5, 5.41) is 5.56. The third-order valence-electron chi connectivity index (χ3n) is 3.10. The molecule has 0 atom stereocenters. The Hall–Kier alpha value is -2.42. The molecule has 0 fully saturated rings. The largest absolute Gasteiger partial charge is 0.491 e. The van der Waals surface area contributed by atoms with Crippen molar-refractivity contribution in [2.45, 2.75) is 12.6 Å². The molecule has 126 valence electrons. The molecular weight excluding hydrogens is 346 g/mol. The molecule has 3 aromatic rings. The fraction of sp³-hybridized carbons (Fsp3) is 0.200. The van der Waals surface area contributed by atoms with E-state index in [1.54, 1.807) is 0 Å². The second-order valence-electron chi connectivity index (χ2n) is 4.84. The standard InChI is InChI=1S/C15H11F4N3OS/c16-9-1-2-11(12(7-9)23-5-4-15(17,18)19)22-13-10-3-6-24-14(10)21-8-20-13/h1-3,6-8H,4-5H2,(H,20,21,22). The smallest absolute Gasteiger partial charge is 0.392 e. The summed E-state index contributed by atoms with van der Waals surface area (Å²) < 4.78 is 55.2. The predicted molar refractivity (Wildman–Crippen MR) is 83.3 cm³/mol. The lowest BCUT2D eigenvalue weighted by molar-refractivity contribution is -0.139. The fourth-order valence-corrected chi connectivity index (χ4v) is 2.75. The highest BCUT2D eigenvalue weighted by atomic mass is 32.1. The monoisotopic (exact) mass is 357 g/mol. The number of alkyl halides is 3. The van der Waals surface area contributed by atoms with Crippen molar-refractivity contribution < 1.29 is 22.3 Å². The summed E-state index contributed by atoms with van der Waals surface area (Å²) in [6, 6.07) is 5.42. The molecule has 0 bridgehead atoms. The van der Waals surface area contributed by atoms with Crippen LogP contribution < -0.4 is 10.1 Å². The predicted octanol–water partition coefficient (Wildman–Crippen LogP) is 4.91. The molecule has 24 heavy (non-hydrogen) atoms. The van der Waals surface area contributed by atoms with Gasteiger partial charge in [-0.15, -0.1) is 11.3 Å². The minimum absolute atomic E-state index is 0.0127. The Morgan fingerprint density at radius 1 is 1.17 bits per heavy atom. The van der Waals surface area contributed by atoms with Crippen molar-refractivity contribution in [3.05, 3.63) is 41.8 Å². The van der Waals surface area contributed by atoms with E-state index in [0.29, 0.717) is 11.5 Å². The van der Waals surface area contributed by atoms with E-state index in [1.165, 1.54) is 29.8 Å². The van der Waals surface area contributed by atoms with Gasteiger partial charge in [-0.25, -0.2) is 14.4 Å². The van der Waals surface area contributed by atoms with Gasteiger partial charge in [0, 0.05) is 6.07 Å². The summed E-state index contributed by atoms with van der Waals surface area (Å²) in [7, 11) is 0. The molecule has 0 radical (unpaired) electrons. The Morgan fingerprint density at radius 2 is 2.00 bits per heavy atom. The summed E-state index contributed by atoms with van der Waals surface area (Å²) in [5.74, 6) is -0.152. The molecule has 9 heteroatoms. The first-order valence-corrected chi connectivity index (χ1v) is 7.75. The highest BCUT2D eigenvalue weighted by Crippen LogP contribution is 2.32. The molecule has 0 saturated heterocycles. The zero-order valence-electron chi connectivity index (χ0n) is 12.1. The highest BCUT2D eigenvalue weighted by Gasteiger charge is 2.27. The van der Waals surface area contributed by atoms with Crippen LogP contribution in [0.4, 0.5) is 29.1 Å². The quantitative estimate of drug-likeness (QED) is 0.660. The summed E-state index contributed by atoms with van der Waals surface area (Å²) in [5.41, 5.74) is 0.324. The molecule has 0 amide bonds. The van der Waals surface area contributed by atoms with E-state index in [4.69, 9.17) is 4.74 Å². The molecule has 2 aromatic heterocycles. The second kappa shape index (κ2) is 6.60. The van der Waals surface area contributed by atoms with Gasteiger partial charge in [0.2, 0.25) is 0 Å². The van der Waals surface area contributed by atoms with Crippen LogP contribution in [0.3, 0.4) is 0 Å². The molecule has 1 N–H and O–H groups in total. The van der Waals surface area contributed by atoms with Crippen LogP contribution in [0.2, 0.25) is 0 Å². The van der Waals surface area contributed by atoms with Crippen LogP contribution in [-0.2, 0) is 0 Å². The van der Waals surface area contributed by atoms with E-state index in [-0.39, 0.29) is 5.75 Å². The number of rotatable bonds is 5. The van der Waals surface area contributed by atoms with E-state index in [9.17, 15) is 17.6 Å². The number of anilines is 2. The Bertz CT molecular complexity index is 850. The molecule has 0 spiro atoms. The van der Waals surface area contributed by atoms with Crippen molar-refractivity contribution in [2.24, 2.45) is 0 Å². The van der Waals surface area contributed by atoms with Gasteiger partial charge in [0.1, 0.15) is 28.5 Å². The molecule has 4 nitrogen and oxygen atoms in total. The molecule has 0 unspecified atom stereocenters. The van der Waals surface area contributed by atoms with Gasteiger partial charge in [0.05, 0.1) is 24.1 Å². The Morgan fingerprint density at radius 3 is 2.79 bits per heavy atom. The third-order valence-corrected chi connectivity index (χ3v) is 3.92. The van der Waals surface area contributed by atoms with Gasteiger partial charge in [-0.05, 0) is 23.6 Å². The van der Waals surface area contributed by atoms with Gasteiger partial charge < -0.3 is 10.1 Å². The zero-order chi connectivity index (χ0) is 17.2. The van der Waals surface area contributed by atoms with E-state index in [2.05, 4.69) is 15.3 Å². The van der Waals surface area contributed by atoms with Crippen LogP contribution in [0.1, 0.15) is 6.42 Å². The Labute approximate surface area is 138 Å². The maximum atomic E-state index is 13.4. The van der Waals surface area contributed by atoms with Crippen LogP contribution in [-0.4, -0.2) is 22.8 Å². The van der Waals surface area contributed by atoms with Gasteiger partial charge in [-0.1, -0.05) is 0 Å². The van der Waals surface area contributed by atoms with Gasteiger partial charge in [-0.2, -0.15) is 13.2 Å². The van der Waals surface area contributed by atoms with Crippen molar-refractivity contribution in [3.63, 3.8) is 0 Å². The number of fused-ring (bicyclic) bond motifs is 1. The SMILES string of the molecule is Fc1ccc(Nc2ncnc3sccc23)c(OCCC(F)(F)F)c1. The van der Waals surface area contributed by atoms with E-state index in [1.807, 2.05) is 11.4 Å². The zero-order valence-corrected chi connectivity index (χ0v) is 12.9. The first-order chi connectivity index (χ1) is 11.4. The van der Waals surface area contributed by atoms with Crippen molar-refractivity contribution in [1.82, 2.24) is 9.97 Å². The Balaban J connectivity index is 1.84. The molecule has 1 aromatic carbocycles. The van der Waals surface area contributed by atoms with Crippen LogP contribution >= 0.6 is 11.3 Å². The fourth-order valence-electron chi connectivity index (χ4n) is 2.01. The number of benzene rings is 1. The lowest BCUT2D eigenvalue weighted by Gasteiger charge is -2.14. The maximum Gasteiger partial charge on any atom is 0.392 e. The number of aromatic nitrogens is 2. The minimum atomic E-state index is -4.34. The minimum Gasteiger partial charge on any atom is -0.491 e. The average molecular weight is 357 g/mol.